The molecule has 3 heteroatoms. The van der Waals surface area contributed by atoms with Gasteiger partial charge in [0.1, 0.15) is 0 Å². The Balaban J connectivity index is 2.30. The number of carbonyl (C=O) groups excluding carboxylic acids is 1. The molecule has 0 atom stereocenters. The van der Waals surface area contributed by atoms with Crippen LogP contribution in [0.5, 0.6) is 0 Å². The third-order valence-corrected chi connectivity index (χ3v) is 3.22. The lowest BCUT2D eigenvalue weighted by atomic mass is 9.99. The van der Waals surface area contributed by atoms with Crippen LogP contribution in [0.1, 0.15) is 29.3 Å². The number of nitrogens with zero attached hydrogens (tertiary/aromatic N) is 1. The molecule has 1 aromatic carbocycles. The maximum absolute atomic E-state index is 12.0. The molecule has 80 valence electrons. The van der Waals surface area contributed by atoms with Crippen molar-refractivity contribution < 1.29 is 4.79 Å². The van der Waals surface area contributed by atoms with E-state index in [1.807, 2.05) is 17.0 Å². The molecule has 0 aromatic heterocycles. The monoisotopic (exact) mass is 267 g/mol. The zero-order chi connectivity index (χ0) is 10.8. The summed E-state index contributed by atoms with van der Waals surface area (Å²) in [7, 11) is 0. The van der Waals surface area contributed by atoms with E-state index in [-0.39, 0.29) is 5.91 Å². The lowest BCUT2D eigenvalue weighted by Gasteiger charge is -2.28. The molecule has 1 aliphatic rings. The lowest BCUT2D eigenvalue weighted by Crippen LogP contribution is -2.37. The minimum Gasteiger partial charge on any atom is -0.338 e. The Labute approximate surface area is 98.4 Å². The molecule has 0 bridgehead atoms. The predicted molar refractivity (Wildman–Crippen MR) is 64.0 cm³/mol. The summed E-state index contributed by atoms with van der Waals surface area (Å²) in [6, 6.07) is 5.91. The molecule has 1 aromatic rings. The van der Waals surface area contributed by atoms with Crippen molar-refractivity contribution >= 4 is 21.8 Å². The third-order valence-electron chi connectivity index (χ3n) is 2.73. The molecule has 15 heavy (non-hydrogen) atoms. The van der Waals surface area contributed by atoms with Gasteiger partial charge in [-0.2, -0.15) is 0 Å². The summed E-state index contributed by atoms with van der Waals surface area (Å²) in [4.78, 5) is 14.0. The second-order valence-corrected chi connectivity index (χ2v) is 4.76. The van der Waals surface area contributed by atoms with E-state index in [1.165, 1.54) is 5.56 Å². The van der Waals surface area contributed by atoms with Crippen LogP contribution in [0.2, 0.25) is 0 Å². The first-order valence-electron chi connectivity index (χ1n) is 5.30. The van der Waals surface area contributed by atoms with E-state index >= 15 is 0 Å². The topological polar surface area (TPSA) is 20.3 Å². The standard InChI is InChI=1S/C12H14BrNO/c1-2-6-14-7-5-9-8-10(13)3-4-11(9)12(14)15/h3-4,8H,2,5-7H2,1H3. The molecule has 0 saturated carbocycles. The van der Waals surface area contributed by atoms with Crippen LogP contribution in [0.15, 0.2) is 22.7 Å². The summed E-state index contributed by atoms with van der Waals surface area (Å²) < 4.78 is 1.05. The Morgan fingerprint density at radius 1 is 1.47 bits per heavy atom. The zero-order valence-corrected chi connectivity index (χ0v) is 10.4. The molecular formula is C12H14BrNO. The highest BCUT2D eigenvalue weighted by atomic mass is 79.9. The van der Waals surface area contributed by atoms with Crippen LogP contribution < -0.4 is 0 Å². The fourth-order valence-electron chi connectivity index (χ4n) is 1.99. The minimum absolute atomic E-state index is 0.186. The summed E-state index contributed by atoms with van der Waals surface area (Å²) in [6.45, 7) is 3.83. The molecule has 0 aliphatic carbocycles. The van der Waals surface area contributed by atoms with Crippen molar-refractivity contribution in [3.05, 3.63) is 33.8 Å². The van der Waals surface area contributed by atoms with E-state index in [4.69, 9.17) is 0 Å². The minimum atomic E-state index is 0.186. The summed E-state index contributed by atoms with van der Waals surface area (Å²) in [6.07, 6.45) is 2.00. The van der Waals surface area contributed by atoms with E-state index < -0.39 is 0 Å². The molecule has 1 aliphatic heterocycles. The van der Waals surface area contributed by atoms with Gasteiger partial charge in [0.2, 0.25) is 0 Å². The Morgan fingerprint density at radius 3 is 3.00 bits per heavy atom. The molecule has 0 radical (unpaired) electrons. The van der Waals surface area contributed by atoms with Crippen LogP contribution in [0.25, 0.3) is 0 Å². The zero-order valence-electron chi connectivity index (χ0n) is 8.79. The summed E-state index contributed by atoms with van der Waals surface area (Å²) in [5.74, 6) is 0.186. The Bertz CT molecular complexity index is 389. The molecule has 0 saturated heterocycles. The number of amides is 1. The van der Waals surface area contributed by atoms with Gasteiger partial charge < -0.3 is 4.90 Å². The van der Waals surface area contributed by atoms with Crippen molar-refractivity contribution in [2.24, 2.45) is 0 Å². The quantitative estimate of drug-likeness (QED) is 0.807. The average molecular weight is 268 g/mol. The van der Waals surface area contributed by atoms with Crippen molar-refractivity contribution in [1.29, 1.82) is 0 Å². The maximum atomic E-state index is 12.0. The van der Waals surface area contributed by atoms with Gasteiger partial charge in [-0.1, -0.05) is 22.9 Å². The fraction of sp³-hybridized carbons (Fsp3) is 0.417. The second kappa shape index (κ2) is 4.35. The van der Waals surface area contributed by atoms with Gasteiger partial charge in [-0.25, -0.2) is 0 Å². The normalized spacial score (nSPS) is 15.3. The van der Waals surface area contributed by atoms with Crippen LogP contribution in [0, 0.1) is 0 Å². The number of benzene rings is 1. The first-order chi connectivity index (χ1) is 7.22. The van der Waals surface area contributed by atoms with Crippen molar-refractivity contribution in [1.82, 2.24) is 4.90 Å². The largest absolute Gasteiger partial charge is 0.338 e. The molecule has 1 heterocycles. The third kappa shape index (κ3) is 2.07. The van der Waals surface area contributed by atoms with Crippen molar-refractivity contribution in [3.63, 3.8) is 0 Å². The number of carbonyl (C=O) groups is 1. The first-order valence-corrected chi connectivity index (χ1v) is 6.09. The van der Waals surface area contributed by atoms with Gasteiger partial charge in [0, 0.05) is 23.1 Å². The van der Waals surface area contributed by atoms with Gasteiger partial charge >= 0.3 is 0 Å². The SMILES string of the molecule is CCCN1CCc2cc(Br)ccc2C1=O. The van der Waals surface area contributed by atoms with E-state index in [9.17, 15) is 4.79 Å². The highest BCUT2D eigenvalue weighted by molar-refractivity contribution is 9.10. The Morgan fingerprint density at radius 2 is 2.27 bits per heavy atom. The van der Waals surface area contributed by atoms with Gasteiger partial charge in [-0.3, -0.25) is 4.79 Å². The number of hydrogen-bond acceptors (Lipinski definition) is 1. The van der Waals surface area contributed by atoms with E-state index in [0.29, 0.717) is 0 Å². The van der Waals surface area contributed by atoms with E-state index in [2.05, 4.69) is 28.9 Å². The van der Waals surface area contributed by atoms with Crippen LogP contribution in [0.3, 0.4) is 0 Å². The molecule has 2 rings (SSSR count). The molecule has 0 unspecified atom stereocenters. The van der Waals surface area contributed by atoms with Gasteiger partial charge in [0.05, 0.1) is 0 Å². The van der Waals surface area contributed by atoms with Crippen molar-refractivity contribution in [2.75, 3.05) is 13.1 Å². The summed E-state index contributed by atoms with van der Waals surface area (Å²) >= 11 is 3.43. The number of halogens is 1. The van der Waals surface area contributed by atoms with E-state index in [0.717, 1.165) is 36.0 Å². The Kier molecular flexibility index (Phi) is 3.10. The van der Waals surface area contributed by atoms with Crippen LogP contribution >= 0.6 is 15.9 Å². The van der Waals surface area contributed by atoms with Gasteiger partial charge in [-0.15, -0.1) is 0 Å². The molecule has 1 amide bonds. The second-order valence-electron chi connectivity index (χ2n) is 3.84. The molecule has 0 spiro atoms. The highest BCUT2D eigenvalue weighted by Gasteiger charge is 2.23. The number of rotatable bonds is 2. The van der Waals surface area contributed by atoms with Crippen molar-refractivity contribution in [3.8, 4) is 0 Å². The first kappa shape index (κ1) is 10.7. The van der Waals surface area contributed by atoms with Crippen LogP contribution in [-0.2, 0) is 6.42 Å². The van der Waals surface area contributed by atoms with Crippen molar-refractivity contribution in [2.45, 2.75) is 19.8 Å². The predicted octanol–water partition coefficient (Wildman–Crippen LogP) is 2.86. The fourth-order valence-corrected chi connectivity index (χ4v) is 2.40. The van der Waals surface area contributed by atoms with Gasteiger partial charge in [0.15, 0.2) is 0 Å². The van der Waals surface area contributed by atoms with Gasteiger partial charge in [-0.05, 0) is 36.6 Å². The summed E-state index contributed by atoms with van der Waals surface area (Å²) in [5, 5.41) is 0. The number of hydrogen-bond donors (Lipinski definition) is 0. The molecule has 0 N–H and O–H groups in total. The molecular weight excluding hydrogens is 254 g/mol. The Hall–Kier alpha value is -0.830. The van der Waals surface area contributed by atoms with Crippen LogP contribution in [-0.4, -0.2) is 23.9 Å². The average Bonchev–Trinajstić information content (AvgIpc) is 2.22. The summed E-state index contributed by atoms with van der Waals surface area (Å²) in [5.41, 5.74) is 2.04. The lowest BCUT2D eigenvalue weighted by molar-refractivity contribution is 0.0740. The van der Waals surface area contributed by atoms with Gasteiger partial charge in [0.25, 0.3) is 5.91 Å². The molecule has 0 fully saturated rings. The highest BCUT2D eigenvalue weighted by Crippen LogP contribution is 2.22. The maximum Gasteiger partial charge on any atom is 0.254 e. The molecule has 2 nitrogen and oxygen atoms in total. The number of fused-ring (bicyclic) bond motifs is 1. The van der Waals surface area contributed by atoms with E-state index in [1.54, 1.807) is 0 Å². The van der Waals surface area contributed by atoms with Crippen LogP contribution in [0.4, 0.5) is 0 Å². The smallest absolute Gasteiger partial charge is 0.254 e.